The molecule has 3 rings (SSSR count). The standard InChI is InChI=1S/C16H21N3O4S/c1-10-7-12-8-11(3-6-14(12)19(10)24(2,22)23)16(21)17-9-15(20)18-13-4-5-13/h3,6,8,10,13H,4-5,7,9H2,1-2H3,(H,17,21)(H,18,20)/t10-/m0/s1. The second kappa shape index (κ2) is 6.08. The number of benzene rings is 1. The fourth-order valence-corrected chi connectivity index (χ4v) is 4.28. The lowest BCUT2D eigenvalue weighted by molar-refractivity contribution is -0.120. The molecule has 2 aliphatic rings. The van der Waals surface area contributed by atoms with Crippen LogP contribution in [0.3, 0.4) is 0 Å². The average molecular weight is 351 g/mol. The number of hydrogen-bond donors (Lipinski definition) is 2. The molecule has 0 radical (unpaired) electrons. The molecule has 1 aliphatic heterocycles. The number of carbonyl (C=O) groups excluding carboxylic acids is 2. The van der Waals surface area contributed by atoms with Crippen LogP contribution >= 0.6 is 0 Å². The SMILES string of the molecule is C[C@H]1Cc2cc(C(=O)NCC(=O)NC3CC3)ccc2N1S(C)(=O)=O. The van der Waals surface area contributed by atoms with Crippen molar-refractivity contribution in [1.29, 1.82) is 0 Å². The van der Waals surface area contributed by atoms with E-state index in [1.807, 2.05) is 6.92 Å². The molecule has 0 unspecified atom stereocenters. The molecule has 130 valence electrons. The summed E-state index contributed by atoms with van der Waals surface area (Å²) in [5.41, 5.74) is 1.87. The Morgan fingerprint density at radius 2 is 2.00 bits per heavy atom. The molecule has 0 saturated heterocycles. The number of nitrogens with one attached hydrogen (secondary N) is 2. The molecule has 1 heterocycles. The molecule has 0 aromatic heterocycles. The Morgan fingerprint density at radius 3 is 2.62 bits per heavy atom. The van der Waals surface area contributed by atoms with Gasteiger partial charge in [0.15, 0.2) is 0 Å². The Kier molecular flexibility index (Phi) is 4.25. The van der Waals surface area contributed by atoms with E-state index in [1.165, 1.54) is 10.6 Å². The number of hydrogen-bond acceptors (Lipinski definition) is 4. The van der Waals surface area contributed by atoms with Crippen LogP contribution < -0.4 is 14.9 Å². The van der Waals surface area contributed by atoms with Gasteiger partial charge in [0.1, 0.15) is 0 Å². The van der Waals surface area contributed by atoms with Gasteiger partial charge in [-0.1, -0.05) is 0 Å². The van der Waals surface area contributed by atoms with Crippen molar-refractivity contribution in [3.8, 4) is 0 Å². The molecule has 24 heavy (non-hydrogen) atoms. The second-order valence-electron chi connectivity index (χ2n) is 6.48. The van der Waals surface area contributed by atoms with E-state index in [9.17, 15) is 18.0 Å². The van der Waals surface area contributed by atoms with Crippen LogP contribution in [0.1, 0.15) is 35.7 Å². The van der Waals surface area contributed by atoms with Crippen LogP contribution in [0.5, 0.6) is 0 Å². The van der Waals surface area contributed by atoms with E-state index in [4.69, 9.17) is 0 Å². The first-order chi connectivity index (χ1) is 11.3. The normalized spacial score (nSPS) is 19.8. The summed E-state index contributed by atoms with van der Waals surface area (Å²) in [6.07, 6.45) is 3.74. The Morgan fingerprint density at radius 1 is 1.29 bits per heavy atom. The minimum absolute atomic E-state index is 0.0573. The quantitative estimate of drug-likeness (QED) is 0.803. The zero-order valence-corrected chi connectivity index (χ0v) is 14.5. The monoisotopic (exact) mass is 351 g/mol. The highest BCUT2D eigenvalue weighted by molar-refractivity contribution is 7.92. The maximum absolute atomic E-state index is 12.2. The predicted molar refractivity (Wildman–Crippen MR) is 90.4 cm³/mol. The third-order valence-electron chi connectivity index (χ3n) is 4.20. The van der Waals surface area contributed by atoms with Gasteiger partial charge >= 0.3 is 0 Å². The summed E-state index contributed by atoms with van der Waals surface area (Å²) in [4.78, 5) is 23.8. The van der Waals surface area contributed by atoms with E-state index in [2.05, 4.69) is 10.6 Å². The average Bonchev–Trinajstić information content (AvgIpc) is 3.22. The van der Waals surface area contributed by atoms with E-state index < -0.39 is 10.0 Å². The highest BCUT2D eigenvalue weighted by Crippen LogP contribution is 2.34. The van der Waals surface area contributed by atoms with Gasteiger partial charge in [0.05, 0.1) is 18.5 Å². The van der Waals surface area contributed by atoms with Gasteiger partial charge in [0.25, 0.3) is 5.91 Å². The van der Waals surface area contributed by atoms with Gasteiger partial charge in [-0.2, -0.15) is 0 Å². The van der Waals surface area contributed by atoms with Gasteiger partial charge in [-0.3, -0.25) is 13.9 Å². The fraction of sp³-hybridized carbons (Fsp3) is 0.500. The summed E-state index contributed by atoms with van der Waals surface area (Å²) < 4.78 is 25.2. The summed E-state index contributed by atoms with van der Waals surface area (Å²) in [6, 6.07) is 5.03. The van der Waals surface area contributed by atoms with E-state index in [0.717, 1.165) is 18.4 Å². The lowest BCUT2D eigenvalue weighted by Gasteiger charge is -2.21. The minimum Gasteiger partial charge on any atom is -0.352 e. The molecule has 1 aliphatic carbocycles. The largest absolute Gasteiger partial charge is 0.352 e. The summed E-state index contributed by atoms with van der Waals surface area (Å²) >= 11 is 0. The van der Waals surface area contributed by atoms with Crippen molar-refractivity contribution in [3.05, 3.63) is 29.3 Å². The van der Waals surface area contributed by atoms with E-state index >= 15 is 0 Å². The number of amides is 2. The molecule has 1 saturated carbocycles. The van der Waals surface area contributed by atoms with Crippen molar-refractivity contribution >= 4 is 27.5 Å². The number of fused-ring (bicyclic) bond motifs is 1. The van der Waals surface area contributed by atoms with Gasteiger partial charge in [-0.15, -0.1) is 0 Å². The molecule has 8 heteroatoms. The summed E-state index contributed by atoms with van der Waals surface area (Å²) in [5, 5.41) is 5.40. The van der Waals surface area contributed by atoms with Crippen LogP contribution in [0.25, 0.3) is 0 Å². The number of sulfonamides is 1. The molecule has 0 spiro atoms. The molecule has 1 atom stereocenters. The van der Waals surface area contributed by atoms with Gasteiger partial charge < -0.3 is 10.6 Å². The molecule has 1 fully saturated rings. The molecule has 1 aromatic carbocycles. The highest BCUT2D eigenvalue weighted by atomic mass is 32.2. The Hall–Kier alpha value is -2.09. The Labute approximate surface area is 141 Å². The van der Waals surface area contributed by atoms with E-state index in [-0.39, 0.29) is 30.4 Å². The Bertz CT molecular complexity index is 787. The number of rotatable bonds is 5. The minimum atomic E-state index is -3.35. The molecular formula is C16H21N3O4S. The topological polar surface area (TPSA) is 95.6 Å². The molecule has 0 bridgehead atoms. The molecule has 2 amide bonds. The maximum atomic E-state index is 12.2. The highest BCUT2D eigenvalue weighted by Gasteiger charge is 2.32. The number of anilines is 1. The third kappa shape index (κ3) is 3.53. The fourth-order valence-electron chi connectivity index (χ4n) is 3.02. The number of nitrogens with zero attached hydrogens (tertiary/aromatic N) is 1. The van der Waals surface area contributed by atoms with Crippen molar-refractivity contribution in [2.24, 2.45) is 0 Å². The summed E-state index contributed by atoms with van der Waals surface area (Å²) in [6.45, 7) is 1.78. The van der Waals surface area contributed by atoms with Gasteiger partial charge in [0, 0.05) is 17.6 Å². The first-order valence-electron chi connectivity index (χ1n) is 7.95. The number of carbonyl (C=O) groups is 2. The molecule has 1 aromatic rings. The van der Waals surface area contributed by atoms with Gasteiger partial charge in [-0.05, 0) is 49.9 Å². The lowest BCUT2D eigenvalue weighted by Crippen LogP contribution is -2.37. The molecule has 7 nitrogen and oxygen atoms in total. The summed E-state index contributed by atoms with van der Waals surface area (Å²) in [5.74, 6) is -0.530. The first kappa shape index (κ1) is 16.8. The molecule has 2 N–H and O–H groups in total. The third-order valence-corrected chi connectivity index (χ3v) is 5.48. The van der Waals surface area contributed by atoms with Gasteiger partial charge in [0.2, 0.25) is 15.9 Å². The van der Waals surface area contributed by atoms with Crippen LogP contribution in [0.2, 0.25) is 0 Å². The smallest absolute Gasteiger partial charge is 0.251 e. The molecular weight excluding hydrogens is 330 g/mol. The van der Waals surface area contributed by atoms with Crippen LogP contribution in [-0.2, 0) is 21.2 Å². The van der Waals surface area contributed by atoms with Crippen LogP contribution in [0.15, 0.2) is 18.2 Å². The maximum Gasteiger partial charge on any atom is 0.251 e. The van der Waals surface area contributed by atoms with Crippen molar-refractivity contribution in [2.45, 2.75) is 38.3 Å². The first-order valence-corrected chi connectivity index (χ1v) is 9.80. The predicted octanol–water partition coefficient (Wildman–Crippen LogP) is 0.406. The summed E-state index contributed by atoms with van der Waals surface area (Å²) in [7, 11) is -3.35. The van der Waals surface area contributed by atoms with Crippen LogP contribution in [0, 0.1) is 0 Å². The van der Waals surface area contributed by atoms with Crippen molar-refractivity contribution < 1.29 is 18.0 Å². The second-order valence-corrected chi connectivity index (χ2v) is 8.34. The van der Waals surface area contributed by atoms with E-state index in [0.29, 0.717) is 17.7 Å². The lowest BCUT2D eigenvalue weighted by atomic mass is 10.1. The van der Waals surface area contributed by atoms with Crippen molar-refractivity contribution in [3.63, 3.8) is 0 Å². The zero-order chi connectivity index (χ0) is 17.5. The zero-order valence-electron chi connectivity index (χ0n) is 13.7. The van der Waals surface area contributed by atoms with Crippen molar-refractivity contribution in [1.82, 2.24) is 10.6 Å². The van der Waals surface area contributed by atoms with Gasteiger partial charge in [-0.25, -0.2) is 8.42 Å². The van der Waals surface area contributed by atoms with E-state index in [1.54, 1.807) is 18.2 Å². The Balaban J connectivity index is 1.69. The van der Waals surface area contributed by atoms with Crippen LogP contribution in [0.4, 0.5) is 5.69 Å². The van der Waals surface area contributed by atoms with Crippen LogP contribution in [-0.4, -0.2) is 45.1 Å². The van der Waals surface area contributed by atoms with Crippen molar-refractivity contribution in [2.75, 3.05) is 17.1 Å².